The van der Waals surface area contributed by atoms with Crippen LogP contribution >= 0.6 is 17.0 Å². The normalized spacial score (nSPS) is 15.0. The highest BCUT2D eigenvalue weighted by Gasteiger charge is 2.25. The van der Waals surface area contributed by atoms with Crippen LogP contribution in [0.2, 0.25) is 0 Å². The zero-order valence-corrected chi connectivity index (χ0v) is 21.0. The lowest BCUT2D eigenvalue weighted by atomic mass is 9.87. The Hall–Kier alpha value is -2.64. The highest BCUT2D eigenvalue weighted by atomic mass is 79.9. The Labute approximate surface area is 213 Å². The summed E-state index contributed by atoms with van der Waals surface area (Å²) in [6.45, 7) is 2.91. The van der Waals surface area contributed by atoms with Crippen molar-refractivity contribution in [3.63, 3.8) is 0 Å². The fourth-order valence-corrected chi connectivity index (χ4v) is 5.09. The lowest BCUT2D eigenvalue weighted by molar-refractivity contribution is 0.205. The van der Waals surface area contributed by atoms with Gasteiger partial charge in [-0.15, -0.1) is 17.0 Å². The minimum atomic E-state index is -0.315. The van der Waals surface area contributed by atoms with Crippen LogP contribution in [0.4, 0.5) is 13.2 Å². The molecule has 5 rings (SSSR count). The molecule has 0 spiro atoms. The average molecular weight is 545 g/mol. The van der Waals surface area contributed by atoms with E-state index in [9.17, 15) is 13.2 Å². The number of halogens is 4. The van der Waals surface area contributed by atoms with E-state index < -0.39 is 0 Å². The van der Waals surface area contributed by atoms with E-state index in [1.807, 2.05) is 24.3 Å². The van der Waals surface area contributed by atoms with Gasteiger partial charge in [0, 0.05) is 23.3 Å². The van der Waals surface area contributed by atoms with Gasteiger partial charge in [0.1, 0.15) is 17.5 Å². The maximum atomic E-state index is 13.5. The first-order valence-corrected chi connectivity index (χ1v) is 11.8. The summed E-state index contributed by atoms with van der Waals surface area (Å²) in [5.41, 5.74) is 3.52. The van der Waals surface area contributed by atoms with E-state index in [1.54, 1.807) is 6.07 Å². The van der Waals surface area contributed by atoms with Crippen molar-refractivity contribution < 1.29 is 17.7 Å². The first kappa shape index (κ1) is 25.5. The minimum absolute atomic E-state index is 0. The molecule has 0 atom stereocenters. The van der Waals surface area contributed by atoms with Crippen molar-refractivity contribution in [2.45, 2.75) is 37.5 Å². The van der Waals surface area contributed by atoms with Crippen LogP contribution in [-0.4, -0.2) is 29.7 Å². The van der Waals surface area contributed by atoms with Crippen LogP contribution in [0.15, 0.2) is 71.3 Å². The topological polar surface area (TPSA) is 29.3 Å². The van der Waals surface area contributed by atoms with Crippen molar-refractivity contribution in [1.82, 2.24) is 10.1 Å². The Morgan fingerprint density at radius 3 is 2.00 bits per heavy atom. The van der Waals surface area contributed by atoms with E-state index in [-0.39, 0.29) is 40.4 Å². The van der Waals surface area contributed by atoms with Crippen LogP contribution in [0, 0.1) is 17.5 Å². The molecule has 0 radical (unpaired) electrons. The van der Waals surface area contributed by atoms with Gasteiger partial charge in [0.05, 0.1) is 5.69 Å². The lowest BCUT2D eigenvalue weighted by Gasteiger charge is -2.31. The van der Waals surface area contributed by atoms with Crippen molar-refractivity contribution in [2.75, 3.05) is 19.6 Å². The van der Waals surface area contributed by atoms with Crippen molar-refractivity contribution in [3.05, 3.63) is 101 Å². The Morgan fingerprint density at radius 2 is 1.40 bits per heavy atom. The van der Waals surface area contributed by atoms with Gasteiger partial charge in [0.25, 0.3) is 0 Å². The second-order valence-corrected chi connectivity index (χ2v) is 9.12. The molecule has 0 amide bonds. The van der Waals surface area contributed by atoms with Crippen LogP contribution < -0.4 is 0 Å². The van der Waals surface area contributed by atoms with E-state index in [2.05, 4.69) is 10.1 Å². The van der Waals surface area contributed by atoms with Crippen LogP contribution in [-0.2, 0) is 0 Å². The highest BCUT2D eigenvalue weighted by Crippen LogP contribution is 2.34. The second-order valence-electron chi connectivity index (χ2n) is 9.12. The van der Waals surface area contributed by atoms with E-state index >= 15 is 0 Å². The third kappa shape index (κ3) is 5.96. The largest absolute Gasteiger partial charge is 0.356 e. The van der Waals surface area contributed by atoms with Crippen molar-refractivity contribution >= 4 is 28.0 Å². The zero-order chi connectivity index (χ0) is 23.5. The van der Waals surface area contributed by atoms with Gasteiger partial charge in [-0.3, -0.25) is 0 Å². The molecule has 35 heavy (non-hydrogen) atoms. The van der Waals surface area contributed by atoms with Gasteiger partial charge in [-0.2, -0.15) is 0 Å². The molecule has 4 aromatic rings. The number of benzene rings is 3. The molecule has 3 nitrogen and oxygen atoms in total. The fraction of sp³-hybridized carbons (Fsp3) is 0.321. The van der Waals surface area contributed by atoms with Gasteiger partial charge in [0.2, 0.25) is 0 Å². The Bertz CT molecular complexity index is 1190. The quantitative estimate of drug-likeness (QED) is 0.239. The Kier molecular flexibility index (Phi) is 8.29. The van der Waals surface area contributed by atoms with E-state index in [0.717, 1.165) is 67.5 Å². The van der Waals surface area contributed by atoms with Crippen LogP contribution in [0.3, 0.4) is 0 Å². The van der Waals surface area contributed by atoms with Crippen molar-refractivity contribution in [1.29, 1.82) is 0 Å². The molecule has 1 saturated heterocycles. The summed E-state index contributed by atoms with van der Waals surface area (Å²) in [5.74, 6) is -0.414. The summed E-state index contributed by atoms with van der Waals surface area (Å²) >= 11 is 0. The van der Waals surface area contributed by atoms with Gasteiger partial charge in [-0.25, -0.2) is 13.2 Å². The van der Waals surface area contributed by atoms with Gasteiger partial charge in [-0.05, 0) is 92.8 Å². The van der Waals surface area contributed by atoms with Gasteiger partial charge in [-0.1, -0.05) is 29.4 Å². The molecule has 1 aromatic heterocycles. The average Bonchev–Trinajstić information content (AvgIpc) is 3.27. The summed E-state index contributed by atoms with van der Waals surface area (Å²) in [5, 5.41) is 5.14. The molecule has 1 fully saturated rings. The number of fused-ring (bicyclic) bond motifs is 1. The van der Waals surface area contributed by atoms with E-state index in [1.165, 1.54) is 36.4 Å². The number of likely N-dealkylation sites (tertiary alicyclic amines) is 1. The Balaban J connectivity index is 0.00000289. The third-order valence-corrected chi connectivity index (χ3v) is 6.95. The van der Waals surface area contributed by atoms with Crippen LogP contribution in [0.5, 0.6) is 0 Å². The predicted octanol–water partition coefficient (Wildman–Crippen LogP) is 7.61. The summed E-state index contributed by atoms with van der Waals surface area (Å²) in [6.07, 6.45) is 3.85. The molecular formula is C28H28BrF3N2O. The van der Waals surface area contributed by atoms with E-state index in [4.69, 9.17) is 4.52 Å². The summed E-state index contributed by atoms with van der Waals surface area (Å²) in [4.78, 5) is 2.46. The molecular weight excluding hydrogens is 517 g/mol. The molecule has 0 bridgehead atoms. The summed E-state index contributed by atoms with van der Waals surface area (Å²) in [7, 11) is 0. The second kappa shape index (κ2) is 11.4. The zero-order valence-electron chi connectivity index (χ0n) is 19.3. The molecule has 1 aliphatic heterocycles. The molecule has 3 aromatic carbocycles. The molecule has 0 saturated carbocycles. The van der Waals surface area contributed by atoms with Gasteiger partial charge in [0.15, 0.2) is 5.58 Å². The maximum Gasteiger partial charge on any atom is 0.170 e. The molecule has 1 aliphatic rings. The number of hydrogen-bond acceptors (Lipinski definition) is 3. The van der Waals surface area contributed by atoms with E-state index in [0.29, 0.717) is 11.5 Å². The van der Waals surface area contributed by atoms with Crippen LogP contribution in [0.25, 0.3) is 11.0 Å². The molecule has 7 heteroatoms. The van der Waals surface area contributed by atoms with Gasteiger partial charge < -0.3 is 9.42 Å². The fourth-order valence-electron chi connectivity index (χ4n) is 5.09. The first-order chi connectivity index (χ1) is 16.6. The first-order valence-electron chi connectivity index (χ1n) is 11.8. The SMILES string of the molecule is Br.Fc1ccc(C(CCCN2CCC(c3noc4cc(F)ccc34)CC2)c2ccc(F)cc2)cc1. The number of nitrogens with zero attached hydrogens (tertiary/aromatic N) is 2. The standard InChI is InChI=1S/C28H27F3N2O.BrH/c29-22-7-3-19(4-8-22)25(20-5-9-23(30)10-6-20)2-1-15-33-16-13-21(14-17-33)28-26-12-11-24(31)18-27(26)34-32-28;/h3-12,18,21,25H,1-2,13-17H2;1H. The maximum absolute atomic E-state index is 13.5. The molecule has 0 unspecified atom stereocenters. The molecule has 0 aliphatic carbocycles. The highest BCUT2D eigenvalue weighted by molar-refractivity contribution is 8.93. The molecule has 184 valence electrons. The van der Waals surface area contributed by atoms with Crippen molar-refractivity contribution in [2.24, 2.45) is 0 Å². The number of hydrogen-bond donors (Lipinski definition) is 0. The molecule has 0 N–H and O–H groups in total. The minimum Gasteiger partial charge on any atom is -0.356 e. The number of rotatable bonds is 7. The summed E-state index contributed by atoms with van der Waals surface area (Å²) < 4.78 is 45.7. The monoisotopic (exact) mass is 544 g/mol. The molecule has 2 heterocycles. The lowest BCUT2D eigenvalue weighted by Crippen LogP contribution is -2.34. The third-order valence-electron chi connectivity index (χ3n) is 6.95. The predicted molar refractivity (Wildman–Crippen MR) is 137 cm³/mol. The Morgan fingerprint density at radius 1 is 0.829 bits per heavy atom. The summed E-state index contributed by atoms with van der Waals surface area (Å²) in [6, 6.07) is 17.8. The number of aromatic nitrogens is 1. The van der Waals surface area contributed by atoms with Crippen LogP contribution in [0.1, 0.15) is 54.3 Å². The smallest absolute Gasteiger partial charge is 0.170 e. The number of piperidine rings is 1. The van der Waals surface area contributed by atoms with Gasteiger partial charge >= 0.3 is 0 Å². The van der Waals surface area contributed by atoms with Crippen molar-refractivity contribution in [3.8, 4) is 0 Å².